The number of amides is 1. The number of piperidine rings is 1. The zero-order chi connectivity index (χ0) is 15.7. The number of carbonyl (C=O) groups excluding carboxylic acids is 1. The molecule has 0 radical (unpaired) electrons. The van der Waals surface area contributed by atoms with Crippen molar-refractivity contribution >= 4 is 5.91 Å². The molecule has 2 saturated heterocycles. The average Bonchev–Trinajstić information content (AvgIpc) is 2.80. The van der Waals surface area contributed by atoms with E-state index in [9.17, 15) is 14.3 Å². The van der Waals surface area contributed by atoms with Crippen LogP contribution in [0.4, 0.5) is 4.39 Å². The highest BCUT2D eigenvalue weighted by molar-refractivity contribution is 5.83. The molecule has 120 valence electrons. The first-order valence-corrected chi connectivity index (χ1v) is 7.93. The number of rotatable bonds is 3. The van der Waals surface area contributed by atoms with E-state index in [1.54, 1.807) is 11.0 Å². The number of halogens is 1. The molecule has 5 heteroatoms. The topological polar surface area (TPSA) is 43.8 Å². The summed E-state index contributed by atoms with van der Waals surface area (Å²) in [6.07, 6.45) is 2.59. The molecule has 22 heavy (non-hydrogen) atoms. The number of benzene rings is 1. The summed E-state index contributed by atoms with van der Waals surface area (Å²) in [6, 6.07) is 6.40. The Balaban J connectivity index is 1.60. The molecule has 0 aromatic heterocycles. The first kappa shape index (κ1) is 15.4. The highest BCUT2D eigenvalue weighted by Crippen LogP contribution is 2.29. The Hall–Kier alpha value is -1.46. The van der Waals surface area contributed by atoms with Crippen molar-refractivity contribution in [3.63, 3.8) is 0 Å². The number of hydrogen-bond donors (Lipinski definition) is 1. The molecule has 0 spiro atoms. The number of likely N-dealkylation sites (N-methyl/N-ethyl adjacent to an activating group) is 1. The monoisotopic (exact) mass is 306 g/mol. The summed E-state index contributed by atoms with van der Waals surface area (Å²) >= 11 is 0. The molecular weight excluding hydrogens is 283 g/mol. The molecule has 0 aliphatic carbocycles. The molecule has 2 fully saturated rings. The lowest BCUT2D eigenvalue weighted by Crippen LogP contribution is -2.51. The van der Waals surface area contributed by atoms with Crippen molar-refractivity contribution in [3.8, 4) is 0 Å². The van der Waals surface area contributed by atoms with Gasteiger partial charge in [-0.05, 0) is 37.0 Å². The molecule has 0 bridgehead atoms. The van der Waals surface area contributed by atoms with Gasteiger partial charge < -0.3 is 10.0 Å². The van der Waals surface area contributed by atoms with Crippen LogP contribution >= 0.6 is 0 Å². The second-order valence-corrected chi connectivity index (χ2v) is 6.63. The first-order valence-electron chi connectivity index (χ1n) is 7.93. The Bertz CT molecular complexity index is 555. The smallest absolute Gasteiger partial charge is 0.239 e. The van der Waals surface area contributed by atoms with Gasteiger partial charge in [-0.3, -0.25) is 9.69 Å². The highest BCUT2D eigenvalue weighted by atomic mass is 19.1. The maximum Gasteiger partial charge on any atom is 0.239 e. The van der Waals surface area contributed by atoms with Crippen molar-refractivity contribution in [1.29, 1.82) is 0 Å². The van der Waals surface area contributed by atoms with Gasteiger partial charge in [0.05, 0.1) is 11.6 Å². The third kappa shape index (κ3) is 3.15. The standard InChI is InChI=1S/C17H23FN2O2/c1-19-8-5-15(16(19)21)20-9-6-17(22,7-10-20)12-13-3-2-4-14(18)11-13/h2-4,11,15,22H,5-10,12H2,1H3. The van der Waals surface area contributed by atoms with Crippen LogP contribution in [0.3, 0.4) is 0 Å². The van der Waals surface area contributed by atoms with Crippen LogP contribution in [0.25, 0.3) is 0 Å². The minimum Gasteiger partial charge on any atom is -0.389 e. The van der Waals surface area contributed by atoms with Gasteiger partial charge in [-0.1, -0.05) is 12.1 Å². The molecule has 4 nitrogen and oxygen atoms in total. The minimum absolute atomic E-state index is 0.0243. The van der Waals surface area contributed by atoms with Crippen LogP contribution in [0.2, 0.25) is 0 Å². The fourth-order valence-corrected chi connectivity index (χ4v) is 3.60. The molecule has 1 atom stereocenters. The number of hydrogen-bond acceptors (Lipinski definition) is 3. The van der Waals surface area contributed by atoms with E-state index in [-0.39, 0.29) is 17.8 Å². The molecule has 0 saturated carbocycles. The Morgan fingerprint density at radius 3 is 2.64 bits per heavy atom. The van der Waals surface area contributed by atoms with Crippen LogP contribution in [-0.4, -0.2) is 59.1 Å². The van der Waals surface area contributed by atoms with Crippen LogP contribution in [0, 0.1) is 5.82 Å². The predicted molar refractivity (Wildman–Crippen MR) is 81.9 cm³/mol. The second kappa shape index (κ2) is 5.97. The van der Waals surface area contributed by atoms with Gasteiger partial charge in [0.15, 0.2) is 0 Å². The average molecular weight is 306 g/mol. The van der Waals surface area contributed by atoms with Gasteiger partial charge in [-0.15, -0.1) is 0 Å². The van der Waals surface area contributed by atoms with Crippen LogP contribution in [-0.2, 0) is 11.2 Å². The summed E-state index contributed by atoms with van der Waals surface area (Å²) < 4.78 is 13.3. The van der Waals surface area contributed by atoms with Crippen molar-refractivity contribution < 1.29 is 14.3 Å². The van der Waals surface area contributed by atoms with E-state index in [2.05, 4.69) is 4.90 Å². The van der Waals surface area contributed by atoms with Gasteiger partial charge in [0, 0.05) is 33.1 Å². The van der Waals surface area contributed by atoms with E-state index in [0.717, 1.165) is 31.6 Å². The van der Waals surface area contributed by atoms with Crippen LogP contribution in [0.15, 0.2) is 24.3 Å². The van der Waals surface area contributed by atoms with Crippen LogP contribution in [0.1, 0.15) is 24.8 Å². The summed E-state index contributed by atoms with van der Waals surface area (Å²) in [5.41, 5.74) is 0.0327. The van der Waals surface area contributed by atoms with Crippen molar-refractivity contribution in [1.82, 2.24) is 9.80 Å². The summed E-state index contributed by atoms with van der Waals surface area (Å²) in [5.74, 6) is -0.0753. The van der Waals surface area contributed by atoms with Gasteiger partial charge in [0.2, 0.25) is 5.91 Å². The Kier molecular flexibility index (Phi) is 4.19. The number of carbonyl (C=O) groups is 1. The van der Waals surface area contributed by atoms with Crippen LogP contribution < -0.4 is 0 Å². The van der Waals surface area contributed by atoms with E-state index in [1.807, 2.05) is 13.1 Å². The summed E-state index contributed by atoms with van der Waals surface area (Å²) in [5, 5.41) is 10.7. The van der Waals surface area contributed by atoms with E-state index in [0.29, 0.717) is 19.3 Å². The SMILES string of the molecule is CN1CCC(N2CCC(O)(Cc3cccc(F)c3)CC2)C1=O. The lowest BCUT2D eigenvalue weighted by molar-refractivity contribution is -0.132. The Morgan fingerprint density at radius 2 is 2.05 bits per heavy atom. The largest absolute Gasteiger partial charge is 0.389 e. The molecule has 1 N–H and O–H groups in total. The molecule has 1 unspecified atom stereocenters. The lowest BCUT2D eigenvalue weighted by atomic mass is 9.85. The summed E-state index contributed by atoms with van der Waals surface area (Å²) in [4.78, 5) is 16.0. The number of aliphatic hydroxyl groups is 1. The maximum atomic E-state index is 13.3. The zero-order valence-corrected chi connectivity index (χ0v) is 13.0. The second-order valence-electron chi connectivity index (χ2n) is 6.63. The molecule has 2 aliphatic heterocycles. The molecule has 1 aromatic rings. The molecule has 2 aliphatic rings. The van der Waals surface area contributed by atoms with Gasteiger partial charge in [0.25, 0.3) is 0 Å². The molecule has 1 aromatic carbocycles. The molecular formula is C17H23FN2O2. The molecule has 3 rings (SSSR count). The van der Waals surface area contributed by atoms with Crippen LogP contribution in [0.5, 0.6) is 0 Å². The van der Waals surface area contributed by atoms with E-state index in [1.165, 1.54) is 12.1 Å². The van der Waals surface area contributed by atoms with Gasteiger partial charge in [-0.2, -0.15) is 0 Å². The predicted octanol–water partition coefficient (Wildman–Crippen LogP) is 1.43. The third-order valence-electron chi connectivity index (χ3n) is 4.99. The highest BCUT2D eigenvalue weighted by Gasteiger charge is 2.39. The fraction of sp³-hybridized carbons (Fsp3) is 0.588. The molecule has 2 heterocycles. The Labute approximate surface area is 130 Å². The lowest BCUT2D eigenvalue weighted by Gasteiger charge is -2.40. The van der Waals surface area contributed by atoms with Gasteiger partial charge in [-0.25, -0.2) is 4.39 Å². The first-order chi connectivity index (χ1) is 10.5. The Morgan fingerprint density at radius 1 is 1.32 bits per heavy atom. The van der Waals surface area contributed by atoms with Crippen molar-refractivity contribution in [2.75, 3.05) is 26.7 Å². The van der Waals surface area contributed by atoms with E-state index < -0.39 is 5.60 Å². The van der Waals surface area contributed by atoms with Gasteiger partial charge in [0.1, 0.15) is 5.82 Å². The number of nitrogens with zero attached hydrogens (tertiary/aromatic N) is 2. The van der Waals surface area contributed by atoms with Gasteiger partial charge >= 0.3 is 0 Å². The maximum absolute atomic E-state index is 13.3. The van der Waals surface area contributed by atoms with E-state index in [4.69, 9.17) is 0 Å². The minimum atomic E-state index is -0.794. The van der Waals surface area contributed by atoms with E-state index >= 15 is 0 Å². The summed E-state index contributed by atoms with van der Waals surface area (Å²) in [6.45, 7) is 2.25. The fourth-order valence-electron chi connectivity index (χ4n) is 3.60. The quantitative estimate of drug-likeness (QED) is 0.919. The number of likely N-dealkylation sites (tertiary alicyclic amines) is 2. The normalized spacial score (nSPS) is 25.7. The van der Waals surface area contributed by atoms with Crippen molar-refractivity contribution in [3.05, 3.63) is 35.6 Å². The third-order valence-corrected chi connectivity index (χ3v) is 4.99. The van der Waals surface area contributed by atoms with Crippen molar-refractivity contribution in [2.24, 2.45) is 0 Å². The van der Waals surface area contributed by atoms with Crippen molar-refractivity contribution in [2.45, 2.75) is 37.3 Å². The summed E-state index contributed by atoms with van der Waals surface area (Å²) in [7, 11) is 1.84. The molecule has 1 amide bonds. The zero-order valence-electron chi connectivity index (χ0n) is 13.0.